The first kappa shape index (κ1) is 15.5. The van der Waals surface area contributed by atoms with Gasteiger partial charge in [-0.1, -0.05) is 11.6 Å². The standard InChI is InChI=1S/C13H18ClN3O2/c1-8(15)3-6-12(18)17-11-7-9(13(19)16-2)4-5-10(11)14/h4-5,7-8H,3,6,15H2,1-2H3,(H,16,19)(H,17,18). The molecule has 1 rings (SSSR count). The zero-order valence-electron chi connectivity index (χ0n) is 11.0. The van der Waals surface area contributed by atoms with Gasteiger partial charge in [0.05, 0.1) is 10.7 Å². The lowest BCUT2D eigenvalue weighted by molar-refractivity contribution is -0.116. The van der Waals surface area contributed by atoms with E-state index in [1.807, 2.05) is 6.92 Å². The third-order valence-electron chi connectivity index (χ3n) is 2.56. The van der Waals surface area contributed by atoms with E-state index >= 15 is 0 Å². The molecule has 0 fully saturated rings. The number of nitrogens with two attached hydrogens (primary N) is 1. The summed E-state index contributed by atoms with van der Waals surface area (Å²) in [6.45, 7) is 1.84. The van der Waals surface area contributed by atoms with Crippen molar-refractivity contribution >= 4 is 29.1 Å². The molecule has 4 N–H and O–H groups in total. The Hall–Kier alpha value is -1.59. The van der Waals surface area contributed by atoms with E-state index in [9.17, 15) is 9.59 Å². The van der Waals surface area contributed by atoms with E-state index in [0.29, 0.717) is 29.1 Å². The minimum Gasteiger partial charge on any atom is -0.355 e. The van der Waals surface area contributed by atoms with Crippen LogP contribution in [0.3, 0.4) is 0 Å². The third kappa shape index (κ3) is 4.89. The SMILES string of the molecule is CNC(=O)c1ccc(Cl)c(NC(=O)CCC(C)N)c1. The first-order chi connectivity index (χ1) is 8.93. The number of halogens is 1. The number of nitrogens with one attached hydrogen (secondary N) is 2. The van der Waals surface area contributed by atoms with Gasteiger partial charge in [0.2, 0.25) is 5.91 Å². The molecule has 104 valence electrons. The molecule has 1 aromatic carbocycles. The Morgan fingerprint density at radius 2 is 2.11 bits per heavy atom. The summed E-state index contributed by atoms with van der Waals surface area (Å²) in [5.74, 6) is -0.406. The molecule has 0 bridgehead atoms. The maximum absolute atomic E-state index is 11.7. The minimum atomic E-state index is -0.234. The van der Waals surface area contributed by atoms with Crippen molar-refractivity contribution in [1.29, 1.82) is 0 Å². The molecule has 0 aromatic heterocycles. The second-order valence-corrected chi connectivity index (χ2v) is 4.75. The predicted octanol–water partition coefficient (Wildman–Crippen LogP) is 1.77. The second kappa shape index (κ2) is 7.11. The number of hydrogen-bond donors (Lipinski definition) is 3. The van der Waals surface area contributed by atoms with Crippen LogP contribution in [-0.2, 0) is 4.79 Å². The van der Waals surface area contributed by atoms with Gasteiger partial charge in [0.25, 0.3) is 5.91 Å². The molecule has 1 aromatic rings. The molecule has 0 saturated carbocycles. The Labute approximate surface area is 117 Å². The van der Waals surface area contributed by atoms with Crippen molar-refractivity contribution in [2.24, 2.45) is 5.73 Å². The number of carbonyl (C=O) groups excluding carboxylic acids is 2. The van der Waals surface area contributed by atoms with E-state index in [0.717, 1.165) is 0 Å². The summed E-state index contributed by atoms with van der Waals surface area (Å²) in [7, 11) is 1.54. The molecule has 1 unspecified atom stereocenters. The number of carbonyl (C=O) groups is 2. The molecule has 2 amide bonds. The summed E-state index contributed by atoms with van der Waals surface area (Å²) in [5, 5.41) is 5.58. The van der Waals surface area contributed by atoms with Crippen molar-refractivity contribution in [3.8, 4) is 0 Å². The van der Waals surface area contributed by atoms with Crippen LogP contribution in [0.5, 0.6) is 0 Å². The van der Waals surface area contributed by atoms with Crippen molar-refractivity contribution in [2.75, 3.05) is 12.4 Å². The number of anilines is 1. The molecule has 1 atom stereocenters. The molecule has 0 saturated heterocycles. The van der Waals surface area contributed by atoms with Crippen LogP contribution in [0.25, 0.3) is 0 Å². The molecule has 0 aliphatic rings. The molecule has 0 aliphatic heterocycles. The average Bonchev–Trinajstić information content (AvgIpc) is 2.38. The first-order valence-electron chi connectivity index (χ1n) is 6.01. The first-order valence-corrected chi connectivity index (χ1v) is 6.39. The maximum Gasteiger partial charge on any atom is 0.251 e. The summed E-state index contributed by atoms with van der Waals surface area (Å²) in [6, 6.07) is 4.69. The molecular formula is C13H18ClN3O2. The average molecular weight is 284 g/mol. The van der Waals surface area contributed by atoms with Crippen LogP contribution in [0.4, 0.5) is 5.69 Å². The number of hydrogen-bond acceptors (Lipinski definition) is 3. The van der Waals surface area contributed by atoms with Gasteiger partial charge in [-0.2, -0.15) is 0 Å². The lowest BCUT2D eigenvalue weighted by Gasteiger charge is -2.10. The van der Waals surface area contributed by atoms with E-state index in [2.05, 4.69) is 10.6 Å². The fraction of sp³-hybridized carbons (Fsp3) is 0.385. The van der Waals surface area contributed by atoms with Gasteiger partial charge in [0.15, 0.2) is 0 Å². The van der Waals surface area contributed by atoms with Gasteiger partial charge in [0, 0.05) is 25.1 Å². The van der Waals surface area contributed by atoms with Crippen LogP contribution in [0.1, 0.15) is 30.1 Å². The van der Waals surface area contributed by atoms with Crippen LogP contribution in [0, 0.1) is 0 Å². The van der Waals surface area contributed by atoms with Gasteiger partial charge in [-0.25, -0.2) is 0 Å². The van der Waals surface area contributed by atoms with E-state index in [1.165, 1.54) is 7.05 Å². The summed E-state index contributed by atoms with van der Waals surface area (Å²) >= 11 is 5.98. The molecule has 5 nitrogen and oxygen atoms in total. The summed E-state index contributed by atoms with van der Waals surface area (Å²) in [6.07, 6.45) is 0.913. The monoisotopic (exact) mass is 283 g/mol. The molecule has 0 aliphatic carbocycles. The van der Waals surface area contributed by atoms with Gasteiger partial charge in [-0.15, -0.1) is 0 Å². The highest BCUT2D eigenvalue weighted by molar-refractivity contribution is 6.33. The second-order valence-electron chi connectivity index (χ2n) is 4.34. The zero-order valence-corrected chi connectivity index (χ0v) is 11.8. The zero-order chi connectivity index (χ0) is 14.4. The van der Waals surface area contributed by atoms with Crippen LogP contribution in [0.2, 0.25) is 5.02 Å². The smallest absolute Gasteiger partial charge is 0.251 e. The Morgan fingerprint density at radius 1 is 1.42 bits per heavy atom. The van der Waals surface area contributed by atoms with Crippen molar-refractivity contribution in [2.45, 2.75) is 25.8 Å². The van der Waals surface area contributed by atoms with Crippen molar-refractivity contribution in [1.82, 2.24) is 5.32 Å². The van der Waals surface area contributed by atoms with E-state index in [-0.39, 0.29) is 17.9 Å². The van der Waals surface area contributed by atoms with E-state index in [1.54, 1.807) is 18.2 Å². The molecule has 0 heterocycles. The normalized spacial score (nSPS) is 11.8. The van der Waals surface area contributed by atoms with Gasteiger partial charge >= 0.3 is 0 Å². The fourth-order valence-corrected chi connectivity index (χ4v) is 1.64. The van der Waals surface area contributed by atoms with Crippen LogP contribution in [0.15, 0.2) is 18.2 Å². The maximum atomic E-state index is 11.7. The van der Waals surface area contributed by atoms with Gasteiger partial charge < -0.3 is 16.4 Å². The summed E-state index contributed by atoms with van der Waals surface area (Å²) in [4.78, 5) is 23.2. The topological polar surface area (TPSA) is 84.2 Å². The van der Waals surface area contributed by atoms with E-state index < -0.39 is 0 Å². The Bertz CT molecular complexity index is 475. The quantitative estimate of drug-likeness (QED) is 0.770. The van der Waals surface area contributed by atoms with Crippen LogP contribution in [-0.4, -0.2) is 24.9 Å². The lowest BCUT2D eigenvalue weighted by atomic mass is 10.1. The van der Waals surface area contributed by atoms with Gasteiger partial charge in [-0.3, -0.25) is 9.59 Å². The fourth-order valence-electron chi connectivity index (χ4n) is 1.48. The Kier molecular flexibility index (Phi) is 5.79. The predicted molar refractivity (Wildman–Crippen MR) is 76.4 cm³/mol. The number of rotatable bonds is 5. The van der Waals surface area contributed by atoms with Gasteiger partial charge in [0.1, 0.15) is 0 Å². The number of amides is 2. The molecule has 19 heavy (non-hydrogen) atoms. The molecule has 0 radical (unpaired) electrons. The highest BCUT2D eigenvalue weighted by Gasteiger charge is 2.10. The van der Waals surface area contributed by atoms with E-state index in [4.69, 9.17) is 17.3 Å². The summed E-state index contributed by atoms with van der Waals surface area (Å²) in [5.41, 5.74) is 6.45. The highest BCUT2D eigenvalue weighted by Crippen LogP contribution is 2.23. The molecule has 0 spiro atoms. The van der Waals surface area contributed by atoms with Crippen molar-refractivity contribution in [3.63, 3.8) is 0 Å². The molecular weight excluding hydrogens is 266 g/mol. The van der Waals surface area contributed by atoms with Crippen molar-refractivity contribution in [3.05, 3.63) is 28.8 Å². The largest absolute Gasteiger partial charge is 0.355 e. The third-order valence-corrected chi connectivity index (χ3v) is 2.89. The minimum absolute atomic E-state index is 0.0292. The lowest BCUT2D eigenvalue weighted by Crippen LogP contribution is -2.20. The Morgan fingerprint density at radius 3 is 2.68 bits per heavy atom. The molecule has 6 heteroatoms. The Balaban J connectivity index is 2.77. The number of benzene rings is 1. The van der Waals surface area contributed by atoms with Crippen molar-refractivity contribution < 1.29 is 9.59 Å². The van der Waals surface area contributed by atoms with Crippen LogP contribution >= 0.6 is 11.6 Å². The van der Waals surface area contributed by atoms with Gasteiger partial charge in [-0.05, 0) is 31.5 Å². The highest BCUT2D eigenvalue weighted by atomic mass is 35.5. The van der Waals surface area contributed by atoms with Crippen LogP contribution < -0.4 is 16.4 Å². The summed E-state index contributed by atoms with van der Waals surface area (Å²) < 4.78 is 0.